The van der Waals surface area contributed by atoms with Gasteiger partial charge in [-0.2, -0.15) is 0 Å². The van der Waals surface area contributed by atoms with Crippen LogP contribution >= 0.6 is 0 Å². The van der Waals surface area contributed by atoms with Crippen LogP contribution in [0.5, 0.6) is 0 Å². The van der Waals surface area contributed by atoms with E-state index in [4.69, 9.17) is 5.73 Å². The highest BCUT2D eigenvalue weighted by Crippen LogP contribution is 2.32. The minimum atomic E-state index is -0.783. The molecule has 1 aromatic carbocycles. The summed E-state index contributed by atoms with van der Waals surface area (Å²) in [5, 5.41) is 13.7. The fraction of sp³-hybridized carbons (Fsp3) is 0.533. The molecule has 21 heavy (non-hydrogen) atoms. The van der Waals surface area contributed by atoms with Crippen molar-refractivity contribution in [3.8, 4) is 0 Å². The SMILES string of the molecule is Cc1cc([N+](=O)[O-])c(C)cc1NC(=O)C(C)(C)C(C)(C)N. The van der Waals surface area contributed by atoms with E-state index in [1.165, 1.54) is 6.07 Å². The van der Waals surface area contributed by atoms with Crippen molar-refractivity contribution in [2.75, 3.05) is 5.32 Å². The third-order valence-corrected chi connectivity index (χ3v) is 4.17. The predicted octanol–water partition coefficient (Wildman–Crippen LogP) is 2.91. The monoisotopic (exact) mass is 293 g/mol. The Morgan fingerprint density at radius 2 is 1.71 bits per heavy atom. The first-order chi connectivity index (χ1) is 9.37. The van der Waals surface area contributed by atoms with Gasteiger partial charge in [-0.3, -0.25) is 14.9 Å². The molecule has 1 amide bonds. The number of rotatable bonds is 4. The molecule has 0 unspecified atom stereocenters. The second kappa shape index (κ2) is 5.44. The second-order valence-corrected chi connectivity index (χ2v) is 6.51. The van der Waals surface area contributed by atoms with E-state index in [-0.39, 0.29) is 11.6 Å². The van der Waals surface area contributed by atoms with Crippen molar-refractivity contribution in [3.63, 3.8) is 0 Å². The van der Waals surface area contributed by atoms with E-state index in [1.807, 2.05) is 0 Å². The first-order valence-corrected chi connectivity index (χ1v) is 6.74. The van der Waals surface area contributed by atoms with Crippen LogP contribution in [0.1, 0.15) is 38.8 Å². The summed E-state index contributed by atoms with van der Waals surface area (Å²) in [5.74, 6) is -0.216. The number of nitrogens with two attached hydrogens (primary N) is 1. The zero-order valence-electron chi connectivity index (χ0n) is 13.4. The van der Waals surface area contributed by atoms with Gasteiger partial charge in [0.1, 0.15) is 0 Å². The lowest BCUT2D eigenvalue weighted by Crippen LogP contribution is -2.53. The topological polar surface area (TPSA) is 98.3 Å². The van der Waals surface area contributed by atoms with Crippen LogP contribution < -0.4 is 11.1 Å². The van der Waals surface area contributed by atoms with Crippen molar-refractivity contribution in [1.29, 1.82) is 0 Å². The molecule has 116 valence electrons. The van der Waals surface area contributed by atoms with E-state index in [9.17, 15) is 14.9 Å². The van der Waals surface area contributed by atoms with Gasteiger partial charge in [0.25, 0.3) is 5.69 Å². The lowest BCUT2D eigenvalue weighted by molar-refractivity contribution is -0.385. The van der Waals surface area contributed by atoms with Gasteiger partial charge in [0.05, 0.1) is 10.3 Å². The normalized spacial score (nSPS) is 12.1. The lowest BCUT2D eigenvalue weighted by atomic mass is 9.74. The summed E-state index contributed by atoms with van der Waals surface area (Å²) >= 11 is 0. The molecule has 6 heteroatoms. The van der Waals surface area contributed by atoms with Gasteiger partial charge in [0, 0.05) is 22.9 Å². The fourth-order valence-electron chi connectivity index (χ4n) is 1.70. The molecule has 3 N–H and O–H groups in total. The van der Waals surface area contributed by atoms with Crippen molar-refractivity contribution in [3.05, 3.63) is 33.4 Å². The summed E-state index contributed by atoms with van der Waals surface area (Å²) in [6.07, 6.45) is 0. The molecule has 0 saturated carbocycles. The highest BCUT2D eigenvalue weighted by Gasteiger charge is 2.40. The number of nitrogens with one attached hydrogen (secondary N) is 1. The second-order valence-electron chi connectivity index (χ2n) is 6.51. The molecule has 0 fully saturated rings. The number of anilines is 1. The van der Waals surface area contributed by atoms with Crippen molar-refractivity contribution in [2.45, 2.75) is 47.1 Å². The number of nitro benzene ring substituents is 1. The van der Waals surface area contributed by atoms with E-state index < -0.39 is 15.9 Å². The largest absolute Gasteiger partial charge is 0.325 e. The summed E-state index contributed by atoms with van der Waals surface area (Å²) in [6.45, 7) is 10.5. The molecule has 0 saturated heterocycles. The minimum absolute atomic E-state index is 0.0453. The highest BCUT2D eigenvalue weighted by molar-refractivity contribution is 5.96. The Kier molecular flexibility index (Phi) is 4.43. The highest BCUT2D eigenvalue weighted by atomic mass is 16.6. The van der Waals surface area contributed by atoms with Crippen LogP contribution in [0.25, 0.3) is 0 Å². The number of hydrogen-bond donors (Lipinski definition) is 2. The lowest BCUT2D eigenvalue weighted by Gasteiger charge is -2.37. The van der Waals surface area contributed by atoms with Crippen molar-refractivity contribution in [2.24, 2.45) is 11.1 Å². The average Bonchev–Trinajstić information content (AvgIpc) is 2.31. The number of aryl methyl sites for hydroxylation is 2. The number of carbonyl (C=O) groups is 1. The molecule has 0 radical (unpaired) electrons. The van der Waals surface area contributed by atoms with Gasteiger partial charge in [-0.1, -0.05) is 0 Å². The maximum atomic E-state index is 12.4. The molecular weight excluding hydrogens is 270 g/mol. The standard InChI is InChI=1S/C15H23N3O3/c1-9-8-12(18(20)21)10(2)7-11(9)17-13(19)14(3,4)15(5,6)16/h7-8H,16H2,1-6H3,(H,17,19). The molecule has 0 atom stereocenters. The molecular formula is C15H23N3O3. The third-order valence-electron chi connectivity index (χ3n) is 4.17. The van der Waals surface area contributed by atoms with Gasteiger partial charge < -0.3 is 11.1 Å². The zero-order valence-corrected chi connectivity index (χ0v) is 13.4. The summed E-state index contributed by atoms with van der Waals surface area (Å²) in [6, 6.07) is 3.08. The Morgan fingerprint density at radius 1 is 1.19 bits per heavy atom. The van der Waals surface area contributed by atoms with Crippen LogP contribution in [0.2, 0.25) is 0 Å². The smallest absolute Gasteiger partial charge is 0.272 e. The Hall–Kier alpha value is -1.95. The number of carbonyl (C=O) groups excluding carboxylic acids is 1. The zero-order chi connectivity index (χ0) is 16.6. The van der Waals surface area contributed by atoms with E-state index in [1.54, 1.807) is 47.6 Å². The molecule has 1 rings (SSSR count). The minimum Gasteiger partial charge on any atom is -0.325 e. The van der Waals surface area contributed by atoms with Gasteiger partial charge in [0.15, 0.2) is 0 Å². The molecule has 6 nitrogen and oxygen atoms in total. The number of amides is 1. The van der Waals surface area contributed by atoms with Crippen LogP contribution in [0.15, 0.2) is 12.1 Å². The maximum absolute atomic E-state index is 12.4. The molecule has 1 aromatic rings. The number of hydrogen-bond acceptors (Lipinski definition) is 4. The third kappa shape index (κ3) is 3.39. The Labute approximate surface area is 124 Å². The average molecular weight is 293 g/mol. The molecule has 0 bridgehead atoms. The van der Waals surface area contributed by atoms with Crippen LogP contribution in [0.4, 0.5) is 11.4 Å². The van der Waals surface area contributed by atoms with Crippen LogP contribution in [-0.2, 0) is 4.79 Å². The van der Waals surface area contributed by atoms with Crippen LogP contribution in [-0.4, -0.2) is 16.4 Å². The molecule has 0 aliphatic rings. The Bertz CT molecular complexity index is 587. The molecule has 0 spiro atoms. The van der Waals surface area contributed by atoms with Crippen molar-refractivity contribution in [1.82, 2.24) is 0 Å². The maximum Gasteiger partial charge on any atom is 0.272 e. The van der Waals surface area contributed by atoms with Crippen LogP contribution in [0, 0.1) is 29.4 Å². The summed E-state index contributed by atoms with van der Waals surface area (Å²) in [5.41, 5.74) is 6.34. The predicted molar refractivity (Wildman–Crippen MR) is 83.2 cm³/mol. The van der Waals surface area contributed by atoms with Gasteiger partial charge in [-0.25, -0.2) is 0 Å². The molecule has 0 aromatic heterocycles. The van der Waals surface area contributed by atoms with Gasteiger partial charge in [-0.05, 0) is 53.2 Å². The van der Waals surface area contributed by atoms with Crippen LogP contribution in [0.3, 0.4) is 0 Å². The van der Waals surface area contributed by atoms with Gasteiger partial charge in [0.2, 0.25) is 5.91 Å². The molecule has 0 aliphatic carbocycles. The van der Waals surface area contributed by atoms with Gasteiger partial charge in [-0.15, -0.1) is 0 Å². The van der Waals surface area contributed by atoms with E-state index in [0.29, 0.717) is 16.8 Å². The Morgan fingerprint density at radius 3 is 2.14 bits per heavy atom. The summed E-state index contributed by atoms with van der Waals surface area (Å²) in [4.78, 5) is 22.9. The van der Waals surface area contributed by atoms with E-state index in [2.05, 4.69) is 5.32 Å². The number of benzene rings is 1. The molecule has 0 heterocycles. The fourth-order valence-corrected chi connectivity index (χ4v) is 1.70. The summed E-state index contributed by atoms with van der Waals surface area (Å²) < 4.78 is 0. The van der Waals surface area contributed by atoms with E-state index >= 15 is 0 Å². The molecule has 0 aliphatic heterocycles. The summed E-state index contributed by atoms with van der Waals surface area (Å²) in [7, 11) is 0. The Balaban J connectivity index is 3.13. The quantitative estimate of drug-likeness (QED) is 0.658. The van der Waals surface area contributed by atoms with Crippen molar-refractivity contribution < 1.29 is 9.72 Å². The first kappa shape index (κ1) is 17.1. The first-order valence-electron chi connectivity index (χ1n) is 6.74. The van der Waals surface area contributed by atoms with E-state index in [0.717, 1.165) is 0 Å². The number of nitro groups is 1. The van der Waals surface area contributed by atoms with Gasteiger partial charge >= 0.3 is 0 Å². The number of nitrogens with zero attached hydrogens (tertiary/aromatic N) is 1. The van der Waals surface area contributed by atoms with Crippen molar-refractivity contribution >= 4 is 17.3 Å².